The summed E-state index contributed by atoms with van der Waals surface area (Å²) in [6.07, 6.45) is 1.94. The molecule has 3 rings (SSSR count). The fourth-order valence-electron chi connectivity index (χ4n) is 4.54. The van der Waals surface area contributed by atoms with Gasteiger partial charge in [-0.3, -0.25) is 14.6 Å². The Bertz CT molecular complexity index is 670. The van der Waals surface area contributed by atoms with Gasteiger partial charge in [0.05, 0.1) is 19.8 Å². The molecular weight excluding hydrogens is 388 g/mol. The van der Waals surface area contributed by atoms with Crippen LogP contribution in [0.5, 0.6) is 0 Å². The first-order valence-corrected chi connectivity index (χ1v) is 11.1. The fourth-order valence-corrected chi connectivity index (χ4v) is 4.54. The number of hydrazine groups is 1. The lowest BCUT2D eigenvalue weighted by molar-refractivity contribution is -0.150. The van der Waals surface area contributed by atoms with Crippen LogP contribution in [-0.2, 0) is 19.1 Å². The van der Waals surface area contributed by atoms with E-state index in [0.29, 0.717) is 52.4 Å². The predicted octanol–water partition coefficient (Wildman–Crippen LogP) is 0.263. The molecule has 0 aromatic heterocycles. The van der Waals surface area contributed by atoms with Crippen molar-refractivity contribution in [3.63, 3.8) is 0 Å². The van der Waals surface area contributed by atoms with Gasteiger partial charge in [0.15, 0.2) is 0 Å². The number of carbonyl (C=O) groups is 2. The molecule has 2 aliphatic heterocycles. The van der Waals surface area contributed by atoms with Gasteiger partial charge < -0.3 is 25.2 Å². The first-order valence-electron chi connectivity index (χ1n) is 11.1. The molecule has 9 heteroatoms. The standard InChI is InChI=1S/C21H36N4O5/c1-4-29-11-12-30-10-9-22-18-14(2)7-8-21(3)13-23-25(20(28)17(18)21)15-5-6-16(26)24-19(15)27/h14-16,22-23,26H,4-13H2,1-3H3,(H,24,27)/t14?,15-,16?,21?/m0/s1. The summed E-state index contributed by atoms with van der Waals surface area (Å²) in [6, 6.07) is -0.613. The third-order valence-electron chi connectivity index (χ3n) is 6.34. The Kier molecular flexibility index (Phi) is 7.73. The largest absolute Gasteiger partial charge is 0.385 e. The van der Waals surface area contributed by atoms with Crippen LogP contribution in [0.3, 0.4) is 0 Å². The van der Waals surface area contributed by atoms with E-state index in [2.05, 4.69) is 29.9 Å². The highest BCUT2D eigenvalue weighted by Gasteiger charge is 2.48. The number of aliphatic hydroxyl groups is 1. The Morgan fingerprint density at radius 2 is 1.97 bits per heavy atom. The summed E-state index contributed by atoms with van der Waals surface area (Å²) in [5, 5.41) is 17.1. The normalized spacial score (nSPS) is 32.1. The summed E-state index contributed by atoms with van der Waals surface area (Å²) < 4.78 is 10.9. The number of hydrogen-bond acceptors (Lipinski definition) is 7. The van der Waals surface area contributed by atoms with Crippen molar-refractivity contribution >= 4 is 11.8 Å². The van der Waals surface area contributed by atoms with Crippen LogP contribution in [0.25, 0.3) is 0 Å². The molecule has 2 amide bonds. The number of piperidine rings is 1. The van der Waals surface area contributed by atoms with Gasteiger partial charge in [0.1, 0.15) is 12.3 Å². The van der Waals surface area contributed by atoms with Crippen molar-refractivity contribution in [3.8, 4) is 0 Å². The molecule has 3 aliphatic rings. The first-order chi connectivity index (χ1) is 14.4. The number of aliphatic hydroxyl groups excluding tert-OH is 1. The molecule has 4 atom stereocenters. The lowest BCUT2D eigenvalue weighted by atomic mass is 9.68. The van der Waals surface area contributed by atoms with Gasteiger partial charge in [-0.15, -0.1) is 0 Å². The van der Waals surface area contributed by atoms with Crippen LogP contribution in [0.1, 0.15) is 46.5 Å². The zero-order chi connectivity index (χ0) is 21.7. The number of carbonyl (C=O) groups excluding carboxylic acids is 2. The molecule has 2 heterocycles. The van der Waals surface area contributed by atoms with E-state index in [1.807, 2.05) is 6.92 Å². The van der Waals surface area contributed by atoms with E-state index in [9.17, 15) is 14.7 Å². The van der Waals surface area contributed by atoms with Crippen molar-refractivity contribution < 1.29 is 24.2 Å². The maximum Gasteiger partial charge on any atom is 0.267 e. The molecular formula is C21H36N4O5. The van der Waals surface area contributed by atoms with Crippen molar-refractivity contribution in [2.24, 2.45) is 11.3 Å². The molecule has 0 aromatic rings. The Balaban J connectivity index is 1.71. The molecule has 30 heavy (non-hydrogen) atoms. The quantitative estimate of drug-likeness (QED) is 0.393. The predicted molar refractivity (Wildman–Crippen MR) is 111 cm³/mol. The number of rotatable bonds is 9. The molecule has 2 fully saturated rings. The molecule has 1 aliphatic carbocycles. The summed E-state index contributed by atoms with van der Waals surface area (Å²) in [5.74, 6) is -0.228. The zero-order valence-corrected chi connectivity index (χ0v) is 18.3. The summed E-state index contributed by atoms with van der Waals surface area (Å²) >= 11 is 0. The van der Waals surface area contributed by atoms with Crippen LogP contribution in [0, 0.1) is 11.3 Å². The summed E-state index contributed by atoms with van der Waals surface area (Å²) in [4.78, 5) is 25.9. The lowest BCUT2D eigenvalue weighted by Crippen LogP contribution is -2.65. The van der Waals surface area contributed by atoms with Gasteiger partial charge >= 0.3 is 0 Å². The average Bonchev–Trinajstić information content (AvgIpc) is 2.70. The van der Waals surface area contributed by atoms with Crippen LogP contribution in [0.2, 0.25) is 0 Å². The molecule has 0 bridgehead atoms. The minimum Gasteiger partial charge on any atom is -0.385 e. The van der Waals surface area contributed by atoms with Gasteiger partial charge in [0.2, 0.25) is 5.91 Å². The van der Waals surface area contributed by atoms with Gasteiger partial charge in [-0.05, 0) is 38.5 Å². The topological polar surface area (TPSA) is 112 Å². The Morgan fingerprint density at radius 3 is 2.70 bits per heavy atom. The molecule has 0 spiro atoms. The van der Waals surface area contributed by atoms with E-state index in [1.54, 1.807) is 0 Å². The highest BCUT2D eigenvalue weighted by atomic mass is 16.5. The third-order valence-corrected chi connectivity index (χ3v) is 6.34. The van der Waals surface area contributed by atoms with Gasteiger partial charge in [-0.2, -0.15) is 0 Å². The Labute approximate surface area is 178 Å². The Morgan fingerprint density at radius 1 is 1.20 bits per heavy atom. The van der Waals surface area contributed by atoms with E-state index in [-0.39, 0.29) is 23.1 Å². The van der Waals surface area contributed by atoms with Crippen molar-refractivity contribution in [2.75, 3.05) is 39.5 Å². The Hall–Kier alpha value is -1.68. The van der Waals surface area contributed by atoms with E-state index < -0.39 is 12.3 Å². The molecule has 0 saturated carbocycles. The third kappa shape index (κ3) is 4.96. The highest BCUT2D eigenvalue weighted by molar-refractivity contribution is 5.99. The average molecular weight is 425 g/mol. The van der Waals surface area contributed by atoms with Gasteiger partial charge in [-0.25, -0.2) is 5.43 Å². The molecule has 9 nitrogen and oxygen atoms in total. The SMILES string of the molecule is CCOCCOCCNC1=C2C(=O)N([C@H]3CCC(O)NC3=O)NCC2(C)CCC1C. The number of ether oxygens (including phenoxy) is 2. The number of allylic oxidation sites excluding steroid dienone is 1. The molecule has 170 valence electrons. The number of nitrogens with zero attached hydrogens (tertiary/aromatic N) is 1. The van der Waals surface area contributed by atoms with Gasteiger partial charge in [0, 0.05) is 36.4 Å². The van der Waals surface area contributed by atoms with E-state index >= 15 is 0 Å². The van der Waals surface area contributed by atoms with Crippen LogP contribution in [-0.4, -0.2) is 73.7 Å². The monoisotopic (exact) mass is 424 g/mol. The minimum absolute atomic E-state index is 0.147. The van der Waals surface area contributed by atoms with Gasteiger partial charge in [0.25, 0.3) is 5.91 Å². The second-order valence-electron chi connectivity index (χ2n) is 8.65. The number of nitrogens with one attached hydrogen (secondary N) is 3. The fraction of sp³-hybridized carbons (Fsp3) is 0.810. The van der Waals surface area contributed by atoms with Crippen molar-refractivity contribution in [1.82, 2.24) is 21.1 Å². The molecule has 0 radical (unpaired) electrons. The first kappa shape index (κ1) is 23.0. The number of fused-ring (bicyclic) bond motifs is 1. The van der Waals surface area contributed by atoms with Crippen molar-refractivity contribution in [1.29, 1.82) is 0 Å². The summed E-state index contributed by atoms with van der Waals surface area (Å²) in [5.41, 5.74) is 4.66. The summed E-state index contributed by atoms with van der Waals surface area (Å²) in [7, 11) is 0. The van der Waals surface area contributed by atoms with E-state index in [4.69, 9.17) is 9.47 Å². The highest BCUT2D eigenvalue weighted by Crippen LogP contribution is 2.44. The number of hydrogen-bond donors (Lipinski definition) is 4. The lowest BCUT2D eigenvalue weighted by Gasteiger charge is -2.48. The minimum atomic E-state index is -0.840. The molecule has 3 unspecified atom stereocenters. The van der Waals surface area contributed by atoms with Crippen molar-refractivity contribution in [3.05, 3.63) is 11.3 Å². The van der Waals surface area contributed by atoms with Crippen LogP contribution < -0.4 is 16.1 Å². The molecule has 2 saturated heterocycles. The van der Waals surface area contributed by atoms with Crippen LogP contribution in [0.15, 0.2) is 11.3 Å². The second kappa shape index (κ2) is 10.1. The van der Waals surface area contributed by atoms with Gasteiger partial charge in [-0.1, -0.05) is 13.8 Å². The van der Waals surface area contributed by atoms with E-state index in [0.717, 1.165) is 24.1 Å². The van der Waals surface area contributed by atoms with Crippen molar-refractivity contribution in [2.45, 2.75) is 58.7 Å². The smallest absolute Gasteiger partial charge is 0.267 e. The second-order valence-corrected chi connectivity index (χ2v) is 8.65. The maximum atomic E-state index is 13.5. The van der Waals surface area contributed by atoms with Crippen LogP contribution >= 0.6 is 0 Å². The zero-order valence-electron chi connectivity index (χ0n) is 18.3. The number of amides is 2. The van der Waals surface area contributed by atoms with Crippen LogP contribution in [0.4, 0.5) is 0 Å². The molecule has 0 aromatic carbocycles. The maximum absolute atomic E-state index is 13.5. The van der Waals surface area contributed by atoms with E-state index in [1.165, 1.54) is 5.01 Å². The summed E-state index contributed by atoms with van der Waals surface area (Å²) in [6.45, 7) is 9.76. The molecule has 4 N–H and O–H groups in total.